The summed E-state index contributed by atoms with van der Waals surface area (Å²) in [6.45, 7) is 4.20. The Hall–Kier alpha value is -3.67. The molecular weight excluding hydrogens is 476 g/mol. The van der Waals surface area contributed by atoms with Crippen LogP contribution in [0.5, 0.6) is 0 Å². The van der Waals surface area contributed by atoms with Crippen LogP contribution in [-0.4, -0.2) is 48.7 Å². The van der Waals surface area contributed by atoms with E-state index in [0.717, 1.165) is 59.9 Å². The average Bonchev–Trinajstić information content (AvgIpc) is 2.95. The van der Waals surface area contributed by atoms with Crippen molar-refractivity contribution < 1.29 is 5.11 Å². The highest BCUT2D eigenvalue weighted by Gasteiger charge is 2.38. The minimum absolute atomic E-state index is 0.103. The second-order valence-electron chi connectivity index (χ2n) is 10.9. The topological polar surface area (TPSA) is 108 Å². The molecule has 1 aliphatic heterocycles. The zero-order valence-electron chi connectivity index (χ0n) is 21.7. The van der Waals surface area contributed by atoms with E-state index in [2.05, 4.69) is 20.9 Å². The number of aromatic nitrogens is 4. The summed E-state index contributed by atoms with van der Waals surface area (Å²) in [5, 5.41) is 23.2. The van der Waals surface area contributed by atoms with Gasteiger partial charge >= 0.3 is 0 Å². The van der Waals surface area contributed by atoms with Crippen LogP contribution in [0.3, 0.4) is 0 Å². The third kappa shape index (κ3) is 4.26. The first-order valence-corrected chi connectivity index (χ1v) is 13.5. The van der Waals surface area contributed by atoms with Crippen LogP contribution in [0.4, 0.5) is 0 Å². The molecule has 1 aliphatic carbocycles. The number of aliphatic hydroxyl groups excluding tert-OH is 1. The first-order chi connectivity index (χ1) is 18.5. The zero-order chi connectivity index (χ0) is 26.3. The summed E-state index contributed by atoms with van der Waals surface area (Å²) in [5.74, 6) is 0. The van der Waals surface area contributed by atoms with Crippen LogP contribution in [0.2, 0.25) is 0 Å². The molecule has 0 spiro atoms. The molecule has 6 rings (SSSR count). The highest BCUT2D eigenvalue weighted by atomic mass is 16.3. The molecule has 0 bridgehead atoms. The van der Waals surface area contributed by atoms with E-state index < -0.39 is 11.5 Å². The number of nitriles is 1. The predicted molar refractivity (Wildman–Crippen MR) is 146 cm³/mol. The van der Waals surface area contributed by atoms with Crippen LogP contribution < -0.4 is 5.56 Å². The first-order valence-electron chi connectivity index (χ1n) is 13.5. The monoisotopic (exact) mass is 508 g/mol. The van der Waals surface area contributed by atoms with Crippen molar-refractivity contribution in [2.45, 2.75) is 69.6 Å². The van der Waals surface area contributed by atoms with Gasteiger partial charge in [-0.25, -0.2) is 4.98 Å². The Morgan fingerprint density at radius 3 is 2.66 bits per heavy atom. The average molecular weight is 509 g/mol. The fraction of sp³-hybridized carbons (Fsp3) is 0.433. The minimum atomic E-state index is -0.575. The van der Waals surface area contributed by atoms with Crippen molar-refractivity contribution in [3.8, 4) is 6.07 Å². The lowest BCUT2D eigenvalue weighted by molar-refractivity contribution is 0.0735. The maximum absolute atomic E-state index is 13.7. The third-order valence-corrected chi connectivity index (χ3v) is 8.55. The molecule has 2 aliphatic rings. The molecule has 0 amide bonds. The van der Waals surface area contributed by atoms with Gasteiger partial charge in [0, 0.05) is 49.0 Å². The molecule has 2 atom stereocenters. The molecule has 1 aromatic carbocycles. The fourth-order valence-electron chi connectivity index (χ4n) is 6.28. The molecule has 8 heteroatoms. The van der Waals surface area contributed by atoms with E-state index in [9.17, 15) is 15.2 Å². The number of nitrogens with zero attached hydrogens (tertiary/aromatic N) is 6. The molecule has 1 N–H and O–H groups in total. The summed E-state index contributed by atoms with van der Waals surface area (Å²) in [7, 11) is 0. The number of pyridine rings is 2. The first kappa shape index (κ1) is 24.7. The Kier molecular flexibility index (Phi) is 6.42. The summed E-state index contributed by atoms with van der Waals surface area (Å²) in [5.41, 5.74) is 2.99. The summed E-state index contributed by atoms with van der Waals surface area (Å²) >= 11 is 0. The van der Waals surface area contributed by atoms with E-state index in [-0.39, 0.29) is 11.6 Å². The summed E-state index contributed by atoms with van der Waals surface area (Å²) < 4.78 is 1.64. The Bertz CT molecular complexity index is 1600. The van der Waals surface area contributed by atoms with Gasteiger partial charge in [-0.05, 0) is 68.0 Å². The van der Waals surface area contributed by atoms with Crippen molar-refractivity contribution in [1.82, 2.24) is 24.4 Å². The zero-order valence-corrected chi connectivity index (χ0v) is 21.7. The van der Waals surface area contributed by atoms with Crippen LogP contribution in [0.25, 0.3) is 21.7 Å². The number of fused-ring (bicyclic) bond motifs is 3. The molecule has 4 aromatic rings. The van der Waals surface area contributed by atoms with Crippen LogP contribution in [0, 0.1) is 18.3 Å². The number of aliphatic hydroxyl groups is 1. The number of hydrogen-bond acceptors (Lipinski definition) is 7. The van der Waals surface area contributed by atoms with Gasteiger partial charge in [0.2, 0.25) is 0 Å². The van der Waals surface area contributed by atoms with E-state index in [0.29, 0.717) is 36.7 Å². The lowest BCUT2D eigenvalue weighted by Gasteiger charge is -2.37. The van der Waals surface area contributed by atoms with Crippen molar-refractivity contribution in [1.29, 1.82) is 5.26 Å². The van der Waals surface area contributed by atoms with Gasteiger partial charge in [-0.1, -0.05) is 12.8 Å². The van der Waals surface area contributed by atoms with Gasteiger partial charge in [-0.3, -0.25) is 24.2 Å². The van der Waals surface area contributed by atoms with Gasteiger partial charge in [-0.15, -0.1) is 0 Å². The summed E-state index contributed by atoms with van der Waals surface area (Å²) in [6.07, 6.45) is 11.3. The van der Waals surface area contributed by atoms with E-state index in [4.69, 9.17) is 4.98 Å². The fourth-order valence-corrected chi connectivity index (χ4v) is 6.28. The SMILES string of the molecule is Cc1ccnc(C2(C#N)CCN(Cc3cc4c(=O)n(C5CCCCC5O)cnc4c4ccncc34)CC2)c1. The van der Waals surface area contributed by atoms with Crippen molar-refractivity contribution in [3.63, 3.8) is 0 Å². The molecule has 194 valence electrons. The van der Waals surface area contributed by atoms with Gasteiger partial charge in [0.15, 0.2) is 0 Å². The van der Waals surface area contributed by atoms with E-state index in [1.54, 1.807) is 23.3 Å². The summed E-state index contributed by atoms with van der Waals surface area (Å²) in [6, 6.07) is 10.2. The van der Waals surface area contributed by atoms with Gasteiger partial charge in [-0.2, -0.15) is 5.26 Å². The standard InChI is InChI=1S/C30H32N6O2/c1-20-6-11-33-27(14-20)30(18-31)8-12-35(13-9-30)17-21-15-23-28(22-7-10-32-16-24(21)22)34-19-36(29(23)38)25-4-2-3-5-26(25)37/h6-7,10-11,14-16,19,25-26,37H,2-5,8-9,12-13,17H2,1H3. The Labute approximate surface area is 221 Å². The van der Waals surface area contributed by atoms with Crippen LogP contribution in [-0.2, 0) is 12.0 Å². The highest BCUT2D eigenvalue weighted by Crippen LogP contribution is 2.36. The van der Waals surface area contributed by atoms with E-state index >= 15 is 0 Å². The number of hydrogen-bond donors (Lipinski definition) is 1. The lowest BCUT2D eigenvalue weighted by Crippen LogP contribution is -2.42. The lowest BCUT2D eigenvalue weighted by atomic mass is 9.76. The molecule has 0 radical (unpaired) electrons. The smallest absolute Gasteiger partial charge is 0.261 e. The van der Waals surface area contributed by atoms with E-state index in [1.807, 2.05) is 37.4 Å². The molecule has 1 saturated carbocycles. The minimum Gasteiger partial charge on any atom is -0.391 e. The summed E-state index contributed by atoms with van der Waals surface area (Å²) in [4.78, 5) is 29.7. The van der Waals surface area contributed by atoms with E-state index in [1.165, 1.54) is 0 Å². The third-order valence-electron chi connectivity index (χ3n) is 8.55. The second kappa shape index (κ2) is 9.90. The number of rotatable bonds is 4. The van der Waals surface area contributed by atoms with Crippen molar-refractivity contribution >= 4 is 21.7 Å². The molecule has 1 saturated heterocycles. The molecular formula is C30H32N6O2. The second-order valence-corrected chi connectivity index (χ2v) is 10.9. The normalized spacial score (nSPS) is 21.9. The quantitative estimate of drug-likeness (QED) is 0.412. The van der Waals surface area contributed by atoms with Crippen LogP contribution in [0.1, 0.15) is 61.4 Å². The van der Waals surface area contributed by atoms with Gasteiger partial charge < -0.3 is 5.11 Å². The van der Waals surface area contributed by atoms with Crippen LogP contribution >= 0.6 is 0 Å². The number of aryl methyl sites for hydroxylation is 1. The van der Waals surface area contributed by atoms with Crippen molar-refractivity contribution in [2.24, 2.45) is 0 Å². The van der Waals surface area contributed by atoms with Gasteiger partial charge in [0.1, 0.15) is 5.41 Å². The number of benzene rings is 1. The van der Waals surface area contributed by atoms with Gasteiger partial charge in [0.05, 0.1) is 41.1 Å². The maximum atomic E-state index is 13.7. The van der Waals surface area contributed by atoms with Crippen LogP contribution in [0.15, 0.2) is 54.0 Å². The largest absolute Gasteiger partial charge is 0.391 e. The molecule has 2 unspecified atom stereocenters. The predicted octanol–water partition coefficient (Wildman–Crippen LogP) is 4.18. The Balaban J connectivity index is 1.34. The Morgan fingerprint density at radius 1 is 1.08 bits per heavy atom. The molecule has 38 heavy (non-hydrogen) atoms. The highest BCUT2D eigenvalue weighted by molar-refractivity contribution is 6.06. The molecule has 8 nitrogen and oxygen atoms in total. The number of likely N-dealkylation sites (tertiary alicyclic amines) is 1. The molecule has 3 aromatic heterocycles. The van der Waals surface area contributed by atoms with Crippen molar-refractivity contribution in [3.05, 3.63) is 76.4 Å². The van der Waals surface area contributed by atoms with Crippen molar-refractivity contribution in [2.75, 3.05) is 13.1 Å². The molecule has 4 heterocycles. The number of piperidine rings is 1. The Morgan fingerprint density at radius 2 is 1.89 bits per heavy atom. The molecule has 2 fully saturated rings. The maximum Gasteiger partial charge on any atom is 0.261 e. The van der Waals surface area contributed by atoms with Gasteiger partial charge in [0.25, 0.3) is 5.56 Å².